The summed E-state index contributed by atoms with van der Waals surface area (Å²) in [4.78, 5) is 14.5. The zero-order valence-corrected chi connectivity index (χ0v) is 11.1. The highest BCUT2D eigenvalue weighted by molar-refractivity contribution is 8.00. The van der Waals surface area contributed by atoms with Crippen LogP contribution in [0.1, 0.15) is 33.1 Å². The second-order valence-electron chi connectivity index (χ2n) is 5.31. The number of hydrogen-bond acceptors (Lipinski definition) is 3. The van der Waals surface area contributed by atoms with Crippen LogP contribution in [-0.4, -0.2) is 40.9 Å². The Bertz CT molecular complexity index is 263. The zero-order chi connectivity index (χ0) is 11.8. The van der Waals surface area contributed by atoms with Gasteiger partial charge in [0.2, 0.25) is 5.91 Å². The van der Waals surface area contributed by atoms with Gasteiger partial charge in [-0.1, -0.05) is 20.3 Å². The lowest BCUT2D eigenvalue weighted by Gasteiger charge is -2.45. The first-order chi connectivity index (χ1) is 7.57. The van der Waals surface area contributed by atoms with E-state index in [0.29, 0.717) is 23.0 Å². The minimum atomic E-state index is -0.193. The standard InChI is InChI=1S/C12H22N2OS/c1-9-6-14(7-10(2)16-9)11(15)12(8-13)4-3-5-12/h9-10H,3-8,13H2,1-2H3. The third kappa shape index (κ3) is 2.09. The normalized spacial score (nSPS) is 33.3. The van der Waals surface area contributed by atoms with Crippen LogP contribution in [0.3, 0.4) is 0 Å². The van der Waals surface area contributed by atoms with E-state index < -0.39 is 0 Å². The number of thioether (sulfide) groups is 1. The van der Waals surface area contributed by atoms with E-state index in [1.807, 2.05) is 11.8 Å². The second kappa shape index (κ2) is 4.57. The van der Waals surface area contributed by atoms with Crippen molar-refractivity contribution in [2.45, 2.75) is 43.6 Å². The summed E-state index contributed by atoms with van der Waals surface area (Å²) in [5, 5.41) is 1.12. The summed E-state index contributed by atoms with van der Waals surface area (Å²) in [5.41, 5.74) is 5.60. The van der Waals surface area contributed by atoms with E-state index in [-0.39, 0.29) is 5.41 Å². The average molecular weight is 242 g/mol. The predicted molar refractivity (Wildman–Crippen MR) is 68.4 cm³/mol. The fraction of sp³-hybridized carbons (Fsp3) is 0.917. The van der Waals surface area contributed by atoms with Gasteiger partial charge < -0.3 is 10.6 Å². The highest BCUT2D eigenvalue weighted by Crippen LogP contribution is 2.42. The number of carbonyl (C=O) groups excluding carboxylic acids is 1. The van der Waals surface area contributed by atoms with Crippen LogP contribution in [-0.2, 0) is 4.79 Å². The van der Waals surface area contributed by atoms with Gasteiger partial charge in [0.1, 0.15) is 0 Å². The number of rotatable bonds is 2. The first kappa shape index (κ1) is 12.2. The summed E-state index contributed by atoms with van der Waals surface area (Å²) in [5.74, 6) is 0.320. The van der Waals surface area contributed by atoms with Gasteiger partial charge in [-0.25, -0.2) is 0 Å². The molecule has 1 saturated carbocycles. The molecule has 2 fully saturated rings. The van der Waals surface area contributed by atoms with Crippen LogP contribution in [0.2, 0.25) is 0 Å². The quantitative estimate of drug-likeness (QED) is 0.797. The molecule has 1 amide bonds. The molecular formula is C12H22N2OS. The van der Waals surface area contributed by atoms with Crippen LogP contribution < -0.4 is 5.73 Å². The molecule has 0 spiro atoms. The van der Waals surface area contributed by atoms with E-state index in [2.05, 4.69) is 18.7 Å². The van der Waals surface area contributed by atoms with Crippen molar-refractivity contribution in [2.24, 2.45) is 11.1 Å². The van der Waals surface area contributed by atoms with Crippen molar-refractivity contribution in [1.29, 1.82) is 0 Å². The third-order valence-electron chi connectivity index (χ3n) is 3.86. The summed E-state index contributed by atoms with van der Waals surface area (Å²) >= 11 is 1.98. The Morgan fingerprint density at radius 3 is 2.31 bits per heavy atom. The maximum Gasteiger partial charge on any atom is 0.230 e. The lowest BCUT2D eigenvalue weighted by atomic mass is 9.67. The molecule has 0 bridgehead atoms. The van der Waals surface area contributed by atoms with Gasteiger partial charge in [-0.15, -0.1) is 0 Å². The second-order valence-corrected chi connectivity index (χ2v) is 7.19. The Morgan fingerprint density at radius 2 is 1.94 bits per heavy atom. The maximum absolute atomic E-state index is 12.5. The minimum absolute atomic E-state index is 0.193. The zero-order valence-electron chi connectivity index (χ0n) is 10.2. The summed E-state index contributed by atoms with van der Waals surface area (Å²) in [6.07, 6.45) is 3.15. The van der Waals surface area contributed by atoms with Crippen LogP contribution >= 0.6 is 11.8 Å². The monoisotopic (exact) mass is 242 g/mol. The van der Waals surface area contributed by atoms with Gasteiger partial charge in [0.05, 0.1) is 5.41 Å². The molecule has 3 nitrogen and oxygen atoms in total. The molecule has 2 N–H and O–H groups in total. The highest BCUT2D eigenvalue weighted by atomic mass is 32.2. The molecule has 0 aromatic carbocycles. The van der Waals surface area contributed by atoms with E-state index in [1.165, 1.54) is 0 Å². The number of nitrogens with zero attached hydrogens (tertiary/aromatic N) is 1. The van der Waals surface area contributed by atoms with Gasteiger partial charge in [0, 0.05) is 30.1 Å². The maximum atomic E-state index is 12.5. The fourth-order valence-corrected chi connectivity index (χ4v) is 4.11. The predicted octanol–water partition coefficient (Wildman–Crippen LogP) is 1.47. The minimum Gasteiger partial charge on any atom is -0.340 e. The molecular weight excluding hydrogens is 220 g/mol. The molecule has 4 heteroatoms. The van der Waals surface area contributed by atoms with Crippen molar-refractivity contribution >= 4 is 17.7 Å². The molecule has 92 valence electrons. The molecule has 0 radical (unpaired) electrons. The van der Waals surface area contributed by atoms with Gasteiger partial charge >= 0.3 is 0 Å². The Kier molecular flexibility index (Phi) is 3.50. The molecule has 2 atom stereocenters. The van der Waals surface area contributed by atoms with E-state index in [1.54, 1.807) is 0 Å². The van der Waals surface area contributed by atoms with E-state index in [9.17, 15) is 4.79 Å². The molecule has 1 aliphatic heterocycles. The summed E-state index contributed by atoms with van der Waals surface area (Å²) in [7, 11) is 0. The lowest BCUT2D eigenvalue weighted by Crippen LogP contribution is -2.55. The fourth-order valence-electron chi connectivity index (χ4n) is 2.79. The Labute approximate surface area is 102 Å². The van der Waals surface area contributed by atoms with Crippen LogP contribution in [0.15, 0.2) is 0 Å². The van der Waals surface area contributed by atoms with Gasteiger partial charge in [0.25, 0.3) is 0 Å². The van der Waals surface area contributed by atoms with Crippen LogP contribution in [0.5, 0.6) is 0 Å². The molecule has 1 heterocycles. The molecule has 0 aromatic rings. The topological polar surface area (TPSA) is 46.3 Å². The molecule has 1 aliphatic carbocycles. The summed E-state index contributed by atoms with van der Waals surface area (Å²) < 4.78 is 0. The van der Waals surface area contributed by atoms with Crippen molar-refractivity contribution < 1.29 is 4.79 Å². The van der Waals surface area contributed by atoms with E-state index in [4.69, 9.17) is 5.73 Å². The molecule has 2 unspecified atom stereocenters. The summed E-state index contributed by atoms with van der Waals surface area (Å²) in [6, 6.07) is 0. The van der Waals surface area contributed by atoms with Crippen LogP contribution in [0, 0.1) is 5.41 Å². The SMILES string of the molecule is CC1CN(C(=O)C2(CN)CCC2)CC(C)S1. The van der Waals surface area contributed by atoms with E-state index >= 15 is 0 Å². The largest absolute Gasteiger partial charge is 0.340 e. The average Bonchev–Trinajstić information content (AvgIpc) is 2.15. The van der Waals surface area contributed by atoms with Crippen molar-refractivity contribution in [3.05, 3.63) is 0 Å². The first-order valence-electron chi connectivity index (χ1n) is 6.22. The number of amides is 1. The smallest absolute Gasteiger partial charge is 0.230 e. The third-order valence-corrected chi connectivity index (χ3v) is 5.09. The van der Waals surface area contributed by atoms with Crippen LogP contribution in [0.4, 0.5) is 0 Å². The van der Waals surface area contributed by atoms with Crippen LogP contribution in [0.25, 0.3) is 0 Å². The van der Waals surface area contributed by atoms with Gasteiger partial charge in [-0.3, -0.25) is 4.79 Å². The molecule has 2 aliphatic rings. The molecule has 0 aromatic heterocycles. The molecule has 2 rings (SSSR count). The number of carbonyl (C=O) groups is 1. The van der Waals surface area contributed by atoms with Crippen molar-refractivity contribution in [3.63, 3.8) is 0 Å². The first-order valence-corrected chi connectivity index (χ1v) is 7.16. The molecule has 1 saturated heterocycles. The number of hydrogen-bond donors (Lipinski definition) is 1. The van der Waals surface area contributed by atoms with Gasteiger partial charge in [0.15, 0.2) is 0 Å². The Balaban J connectivity index is 2.03. The van der Waals surface area contributed by atoms with Gasteiger partial charge in [-0.05, 0) is 12.8 Å². The highest BCUT2D eigenvalue weighted by Gasteiger charge is 2.46. The lowest BCUT2D eigenvalue weighted by molar-refractivity contribution is -0.146. The van der Waals surface area contributed by atoms with Crippen molar-refractivity contribution in [1.82, 2.24) is 4.90 Å². The Hall–Kier alpha value is -0.220. The Morgan fingerprint density at radius 1 is 1.38 bits per heavy atom. The van der Waals surface area contributed by atoms with Crippen molar-refractivity contribution in [3.8, 4) is 0 Å². The number of nitrogens with two attached hydrogens (primary N) is 1. The van der Waals surface area contributed by atoms with Crippen molar-refractivity contribution in [2.75, 3.05) is 19.6 Å². The summed E-state index contributed by atoms with van der Waals surface area (Å²) in [6.45, 7) is 6.73. The van der Waals surface area contributed by atoms with Gasteiger partial charge in [-0.2, -0.15) is 11.8 Å². The van der Waals surface area contributed by atoms with E-state index in [0.717, 1.165) is 32.4 Å². The molecule has 16 heavy (non-hydrogen) atoms.